The second-order valence-electron chi connectivity index (χ2n) is 7.83. The molecular weight excluding hydrogens is 470 g/mol. The topological polar surface area (TPSA) is 107 Å². The van der Waals surface area contributed by atoms with Crippen LogP contribution in [0.25, 0.3) is 22.2 Å². The first-order valence-corrected chi connectivity index (χ1v) is 11.6. The van der Waals surface area contributed by atoms with Crippen LogP contribution in [0.4, 0.5) is 4.79 Å². The molecular formula is C26H24ClN3O5. The number of urea groups is 1. The lowest BCUT2D eigenvalue weighted by Crippen LogP contribution is -2.51. The van der Waals surface area contributed by atoms with Crippen LogP contribution >= 0.6 is 11.6 Å². The van der Waals surface area contributed by atoms with Gasteiger partial charge in [0.15, 0.2) is 0 Å². The van der Waals surface area contributed by atoms with Crippen molar-refractivity contribution in [3.63, 3.8) is 0 Å². The van der Waals surface area contributed by atoms with E-state index >= 15 is 0 Å². The van der Waals surface area contributed by atoms with Crippen molar-refractivity contribution in [3.05, 3.63) is 76.5 Å². The highest BCUT2D eigenvalue weighted by atomic mass is 35.5. The molecule has 35 heavy (non-hydrogen) atoms. The van der Waals surface area contributed by atoms with Gasteiger partial charge in [-0.15, -0.1) is 0 Å². The molecule has 2 heterocycles. The second kappa shape index (κ2) is 10.6. The average molecular weight is 494 g/mol. The summed E-state index contributed by atoms with van der Waals surface area (Å²) in [7, 11) is 0. The van der Waals surface area contributed by atoms with Crippen molar-refractivity contribution in [1.82, 2.24) is 15.6 Å². The summed E-state index contributed by atoms with van der Waals surface area (Å²) >= 11 is 6.01. The molecule has 3 aromatic rings. The molecule has 180 valence electrons. The molecule has 0 aliphatic carbocycles. The first-order valence-electron chi connectivity index (χ1n) is 11.2. The van der Waals surface area contributed by atoms with Gasteiger partial charge in [-0.1, -0.05) is 48.9 Å². The van der Waals surface area contributed by atoms with E-state index in [0.717, 1.165) is 5.56 Å². The first-order chi connectivity index (χ1) is 16.9. The molecule has 0 unspecified atom stereocenters. The number of carbonyl (C=O) groups excluding carboxylic acids is 3. The fourth-order valence-corrected chi connectivity index (χ4v) is 4.03. The number of aromatic nitrogens is 1. The second-order valence-corrected chi connectivity index (χ2v) is 8.26. The number of benzene rings is 2. The summed E-state index contributed by atoms with van der Waals surface area (Å²) in [4.78, 5) is 42.6. The Morgan fingerprint density at radius 2 is 1.77 bits per heavy atom. The van der Waals surface area contributed by atoms with Crippen LogP contribution in [0, 0.1) is 0 Å². The minimum atomic E-state index is -0.615. The van der Waals surface area contributed by atoms with Crippen molar-refractivity contribution in [3.8, 4) is 11.3 Å². The van der Waals surface area contributed by atoms with Crippen molar-refractivity contribution >= 4 is 40.5 Å². The first kappa shape index (κ1) is 24.2. The number of fused-ring (bicyclic) bond motifs is 1. The van der Waals surface area contributed by atoms with Crippen LogP contribution in [0.2, 0.25) is 5.02 Å². The largest absolute Gasteiger partial charge is 0.463 e. The van der Waals surface area contributed by atoms with Crippen molar-refractivity contribution in [2.75, 3.05) is 13.2 Å². The molecule has 1 aliphatic rings. The van der Waals surface area contributed by atoms with E-state index in [0.29, 0.717) is 33.6 Å². The zero-order valence-electron chi connectivity index (χ0n) is 19.3. The van der Waals surface area contributed by atoms with Crippen molar-refractivity contribution < 1.29 is 23.9 Å². The Bertz CT molecular complexity index is 1320. The lowest BCUT2D eigenvalue weighted by molar-refractivity contribution is -0.139. The Balaban J connectivity index is 1.68. The third kappa shape index (κ3) is 5.27. The highest BCUT2D eigenvalue weighted by Crippen LogP contribution is 2.27. The lowest BCUT2D eigenvalue weighted by atomic mass is 10.0. The highest BCUT2D eigenvalue weighted by molar-refractivity contribution is 6.30. The number of halogens is 1. The molecule has 1 atom stereocenters. The number of para-hydroxylation sites is 1. The standard InChI is InChI=1S/C26H24ClN3O5/c1-3-19-23(25(32)34-4-2)22(30-26(33)29-19)14-35-24(31)18-13-21(15-9-11-16(27)12-10-15)28-20-8-6-5-7-17(18)20/h5-13,19H,3-4,14H2,1-2H3,(H2,29,30,33)/t19-/m0/s1. The van der Waals surface area contributed by atoms with Gasteiger partial charge >= 0.3 is 18.0 Å². The molecule has 2 N–H and O–H groups in total. The molecule has 0 saturated carbocycles. The number of amides is 2. The fraction of sp³-hybridized carbons (Fsp3) is 0.231. The van der Waals surface area contributed by atoms with E-state index in [-0.39, 0.29) is 24.5 Å². The van der Waals surface area contributed by atoms with Gasteiger partial charge < -0.3 is 20.1 Å². The number of ether oxygens (including phenoxy) is 2. The van der Waals surface area contributed by atoms with Crippen molar-refractivity contribution in [1.29, 1.82) is 0 Å². The molecule has 0 bridgehead atoms. The average Bonchev–Trinajstić information content (AvgIpc) is 2.86. The Kier molecular flexibility index (Phi) is 7.31. The lowest BCUT2D eigenvalue weighted by Gasteiger charge is -2.28. The molecule has 1 aromatic heterocycles. The minimum Gasteiger partial charge on any atom is -0.463 e. The minimum absolute atomic E-state index is 0.177. The predicted octanol–water partition coefficient (Wildman–Crippen LogP) is 4.62. The maximum atomic E-state index is 13.2. The molecule has 2 aromatic carbocycles. The summed E-state index contributed by atoms with van der Waals surface area (Å²) in [6, 6.07) is 15.0. The molecule has 8 nitrogen and oxygen atoms in total. The van der Waals surface area contributed by atoms with Crippen molar-refractivity contribution in [2.45, 2.75) is 26.3 Å². The third-order valence-electron chi connectivity index (χ3n) is 5.57. The van der Waals surface area contributed by atoms with E-state index < -0.39 is 24.0 Å². The zero-order valence-corrected chi connectivity index (χ0v) is 20.0. The quantitative estimate of drug-likeness (QED) is 0.465. The molecule has 0 spiro atoms. The Labute approximate surface area is 207 Å². The number of rotatable bonds is 7. The fourth-order valence-electron chi connectivity index (χ4n) is 3.90. The molecule has 0 radical (unpaired) electrons. The number of carbonyl (C=O) groups is 3. The van der Waals surface area contributed by atoms with Crippen LogP contribution in [-0.2, 0) is 14.3 Å². The number of nitrogens with one attached hydrogen (secondary N) is 2. The zero-order chi connectivity index (χ0) is 24.9. The monoisotopic (exact) mass is 493 g/mol. The van der Waals surface area contributed by atoms with Gasteiger partial charge in [-0.05, 0) is 37.6 Å². The van der Waals surface area contributed by atoms with E-state index in [2.05, 4.69) is 15.6 Å². The van der Waals surface area contributed by atoms with Crippen molar-refractivity contribution in [2.24, 2.45) is 0 Å². The number of hydrogen-bond acceptors (Lipinski definition) is 6. The smallest absolute Gasteiger partial charge is 0.339 e. The summed E-state index contributed by atoms with van der Waals surface area (Å²) in [5, 5.41) is 6.49. The maximum absolute atomic E-state index is 13.2. The Morgan fingerprint density at radius 3 is 2.49 bits per heavy atom. The van der Waals surface area contributed by atoms with Gasteiger partial charge in [-0.2, -0.15) is 0 Å². The molecule has 0 fully saturated rings. The normalized spacial score (nSPS) is 15.4. The van der Waals surface area contributed by atoms with Gasteiger partial charge in [-0.25, -0.2) is 19.4 Å². The van der Waals surface area contributed by atoms with Crippen LogP contribution in [0.3, 0.4) is 0 Å². The van der Waals surface area contributed by atoms with Crippen LogP contribution in [0.1, 0.15) is 30.6 Å². The van der Waals surface area contributed by atoms with Crippen LogP contribution in [0.5, 0.6) is 0 Å². The third-order valence-corrected chi connectivity index (χ3v) is 5.82. The molecule has 0 saturated heterocycles. The summed E-state index contributed by atoms with van der Waals surface area (Å²) < 4.78 is 10.7. The van der Waals surface area contributed by atoms with E-state index in [9.17, 15) is 14.4 Å². The van der Waals surface area contributed by atoms with Gasteiger partial charge in [0.2, 0.25) is 0 Å². The molecule has 4 rings (SSSR count). The summed E-state index contributed by atoms with van der Waals surface area (Å²) in [6.45, 7) is 3.40. The van der Waals surface area contributed by atoms with Crippen LogP contribution in [0.15, 0.2) is 65.9 Å². The van der Waals surface area contributed by atoms with Gasteiger partial charge in [0.25, 0.3) is 0 Å². The molecule has 1 aliphatic heterocycles. The van der Waals surface area contributed by atoms with E-state index in [4.69, 9.17) is 21.1 Å². The Hall–Kier alpha value is -3.91. The van der Waals surface area contributed by atoms with E-state index in [1.54, 1.807) is 31.2 Å². The number of esters is 2. The number of pyridine rings is 1. The van der Waals surface area contributed by atoms with Gasteiger partial charge in [0.1, 0.15) is 6.61 Å². The maximum Gasteiger partial charge on any atom is 0.339 e. The SMILES string of the molecule is CCOC(=O)C1=C(COC(=O)c2cc(-c3ccc(Cl)cc3)nc3ccccc23)NC(=O)N[C@H]1CC. The molecule has 9 heteroatoms. The number of hydrogen-bond donors (Lipinski definition) is 2. The number of nitrogens with zero attached hydrogens (tertiary/aromatic N) is 1. The summed E-state index contributed by atoms with van der Waals surface area (Å²) in [5.41, 5.74) is 2.75. The molecule has 2 amide bonds. The summed E-state index contributed by atoms with van der Waals surface area (Å²) in [5.74, 6) is -1.19. The van der Waals surface area contributed by atoms with Crippen LogP contribution < -0.4 is 10.6 Å². The Morgan fingerprint density at radius 1 is 1.03 bits per heavy atom. The van der Waals surface area contributed by atoms with E-state index in [1.165, 1.54) is 0 Å². The predicted molar refractivity (Wildman–Crippen MR) is 132 cm³/mol. The summed E-state index contributed by atoms with van der Waals surface area (Å²) in [6.07, 6.45) is 0.471. The highest BCUT2D eigenvalue weighted by Gasteiger charge is 2.32. The van der Waals surface area contributed by atoms with Gasteiger partial charge in [0, 0.05) is 16.0 Å². The van der Waals surface area contributed by atoms with Crippen LogP contribution in [-0.4, -0.2) is 42.2 Å². The van der Waals surface area contributed by atoms with Gasteiger partial charge in [-0.3, -0.25) is 0 Å². The van der Waals surface area contributed by atoms with Gasteiger partial charge in [0.05, 0.1) is 40.7 Å². The van der Waals surface area contributed by atoms with E-state index in [1.807, 2.05) is 37.3 Å².